The first kappa shape index (κ1) is 17.9. The maximum Gasteiger partial charge on any atom is 0.419 e. The van der Waals surface area contributed by atoms with E-state index in [2.05, 4.69) is 21.2 Å². The van der Waals surface area contributed by atoms with Crippen molar-refractivity contribution in [1.29, 1.82) is 0 Å². The van der Waals surface area contributed by atoms with Gasteiger partial charge in [0.25, 0.3) is 5.91 Å². The molecule has 1 aromatic rings. The lowest BCUT2D eigenvalue weighted by molar-refractivity contribution is -0.140. The molecule has 0 fully saturated rings. The van der Waals surface area contributed by atoms with Crippen LogP contribution in [-0.2, 0) is 6.18 Å². The summed E-state index contributed by atoms with van der Waals surface area (Å²) in [7, 11) is 0. The van der Waals surface area contributed by atoms with Crippen molar-refractivity contribution in [2.75, 3.05) is 11.9 Å². The van der Waals surface area contributed by atoms with Gasteiger partial charge in [-0.25, -0.2) is 4.39 Å². The minimum absolute atomic E-state index is 0.239. The third kappa shape index (κ3) is 4.98. The maximum atomic E-state index is 13.8. The summed E-state index contributed by atoms with van der Waals surface area (Å²) >= 11 is 3.28. The molecule has 0 unspecified atom stereocenters. The van der Waals surface area contributed by atoms with Crippen LogP contribution in [0, 0.1) is 11.2 Å². The van der Waals surface area contributed by atoms with E-state index >= 15 is 0 Å². The number of carbonyl (C=O) groups excluding carboxylic acids is 1. The zero-order valence-electron chi connectivity index (χ0n) is 11.7. The third-order valence-electron chi connectivity index (χ3n) is 3.05. The molecule has 118 valence electrons. The average molecular weight is 370 g/mol. The van der Waals surface area contributed by atoms with E-state index in [1.165, 1.54) is 0 Å². The zero-order valence-corrected chi connectivity index (χ0v) is 13.2. The summed E-state index contributed by atoms with van der Waals surface area (Å²) in [5.74, 6) is -2.39. The second kappa shape index (κ2) is 6.77. The Labute approximate surface area is 129 Å². The predicted octanol–water partition coefficient (Wildman–Crippen LogP) is 4.39. The summed E-state index contributed by atoms with van der Waals surface area (Å²) in [6.45, 7) is 4.04. The highest BCUT2D eigenvalue weighted by Gasteiger charge is 2.35. The first-order chi connectivity index (χ1) is 9.58. The Hall–Kier alpha value is -1.11. The Balaban J connectivity index is 2.90. The second-order valence-corrected chi connectivity index (χ2v) is 6.24. The van der Waals surface area contributed by atoms with Crippen molar-refractivity contribution in [2.24, 2.45) is 5.41 Å². The molecule has 2 nitrogen and oxygen atoms in total. The molecule has 1 aromatic carbocycles. The Morgan fingerprint density at radius 1 is 1.29 bits per heavy atom. The van der Waals surface area contributed by atoms with E-state index in [1.54, 1.807) is 0 Å². The number of amides is 1. The lowest BCUT2D eigenvalue weighted by Crippen LogP contribution is -2.35. The van der Waals surface area contributed by atoms with E-state index < -0.39 is 29.0 Å². The molecule has 0 radical (unpaired) electrons. The topological polar surface area (TPSA) is 29.1 Å². The van der Waals surface area contributed by atoms with Crippen molar-refractivity contribution in [2.45, 2.75) is 26.4 Å². The average Bonchev–Trinajstić information content (AvgIpc) is 2.35. The van der Waals surface area contributed by atoms with Crippen LogP contribution in [0.4, 0.5) is 17.6 Å². The number of hydrogen-bond acceptors (Lipinski definition) is 1. The lowest BCUT2D eigenvalue weighted by atomic mass is 9.90. The van der Waals surface area contributed by atoms with Gasteiger partial charge in [-0.1, -0.05) is 35.8 Å². The van der Waals surface area contributed by atoms with E-state index in [-0.39, 0.29) is 12.0 Å². The number of halogens is 5. The van der Waals surface area contributed by atoms with Gasteiger partial charge in [-0.3, -0.25) is 4.79 Å². The van der Waals surface area contributed by atoms with Crippen molar-refractivity contribution < 1.29 is 22.4 Å². The third-order valence-corrected chi connectivity index (χ3v) is 3.44. The summed E-state index contributed by atoms with van der Waals surface area (Å²) in [6, 6.07) is 2.67. The highest BCUT2D eigenvalue weighted by atomic mass is 79.9. The molecule has 1 rings (SSSR count). The fourth-order valence-electron chi connectivity index (χ4n) is 1.69. The first-order valence-electron chi connectivity index (χ1n) is 6.28. The molecule has 0 spiro atoms. The lowest BCUT2D eigenvalue weighted by Gasteiger charge is -2.24. The molecule has 0 aliphatic carbocycles. The van der Waals surface area contributed by atoms with Gasteiger partial charge in [-0.15, -0.1) is 0 Å². The molecule has 0 aromatic heterocycles. The molecule has 1 amide bonds. The van der Waals surface area contributed by atoms with E-state index in [0.717, 1.165) is 23.9 Å². The SMILES string of the molecule is CC(C)(CCBr)CNC(=O)c1cccc(C(F)(F)F)c1F. The van der Waals surface area contributed by atoms with Crippen molar-refractivity contribution in [3.8, 4) is 0 Å². The van der Waals surface area contributed by atoms with Crippen LogP contribution in [-0.4, -0.2) is 17.8 Å². The smallest absolute Gasteiger partial charge is 0.351 e. The predicted molar refractivity (Wildman–Crippen MR) is 75.9 cm³/mol. The van der Waals surface area contributed by atoms with E-state index in [9.17, 15) is 22.4 Å². The molecule has 7 heteroatoms. The van der Waals surface area contributed by atoms with Gasteiger partial charge in [-0.2, -0.15) is 13.2 Å². The number of alkyl halides is 4. The molecule has 0 heterocycles. The summed E-state index contributed by atoms with van der Waals surface area (Å²) in [6.07, 6.45) is -4.06. The normalized spacial score (nSPS) is 12.3. The molecule has 21 heavy (non-hydrogen) atoms. The number of carbonyl (C=O) groups is 1. The van der Waals surface area contributed by atoms with Crippen LogP contribution in [0.25, 0.3) is 0 Å². The van der Waals surface area contributed by atoms with Crippen LogP contribution in [0.1, 0.15) is 36.2 Å². The summed E-state index contributed by atoms with van der Waals surface area (Å²) in [4.78, 5) is 11.9. The van der Waals surface area contributed by atoms with Gasteiger partial charge in [0.05, 0.1) is 11.1 Å². The van der Waals surface area contributed by atoms with Crippen molar-refractivity contribution in [1.82, 2.24) is 5.32 Å². The number of rotatable bonds is 5. The zero-order chi connectivity index (χ0) is 16.3. The largest absolute Gasteiger partial charge is 0.419 e. The van der Waals surface area contributed by atoms with E-state index in [4.69, 9.17) is 0 Å². The van der Waals surface area contributed by atoms with Crippen molar-refractivity contribution in [3.05, 3.63) is 35.1 Å². The molecule has 0 aliphatic heterocycles. The molecular formula is C14H16BrF4NO. The fourth-order valence-corrected chi connectivity index (χ4v) is 2.76. The van der Waals surface area contributed by atoms with Gasteiger partial charge in [-0.05, 0) is 24.0 Å². The van der Waals surface area contributed by atoms with Crippen molar-refractivity contribution in [3.63, 3.8) is 0 Å². The number of hydrogen-bond donors (Lipinski definition) is 1. The van der Waals surface area contributed by atoms with Gasteiger partial charge in [0, 0.05) is 11.9 Å². The Morgan fingerprint density at radius 3 is 2.43 bits per heavy atom. The van der Waals surface area contributed by atoms with Gasteiger partial charge >= 0.3 is 6.18 Å². The second-order valence-electron chi connectivity index (χ2n) is 5.45. The summed E-state index contributed by atoms with van der Waals surface area (Å²) < 4.78 is 51.6. The van der Waals surface area contributed by atoms with Gasteiger partial charge in [0.1, 0.15) is 5.82 Å². The van der Waals surface area contributed by atoms with Crippen LogP contribution in [0.3, 0.4) is 0 Å². The fraction of sp³-hybridized carbons (Fsp3) is 0.500. The number of benzene rings is 1. The first-order valence-corrected chi connectivity index (χ1v) is 7.40. The Morgan fingerprint density at radius 2 is 1.90 bits per heavy atom. The van der Waals surface area contributed by atoms with Gasteiger partial charge in [0.2, 0.25) is 0 Å². The minimum Gasteiger partial charge on any atom is -0.351 e. The number of nitrogens with one attached hydrogen (secondary N) is 1. The minimum atomic E-state index is -4.82. The molecule has 0 aliphatic rings. The Kier molecular flexibility index (Phi) is 5.78. The van der Waals surface area contributed by atoms with Crippen LogP contribution in [0.5, 0.6) is 0 Å². The standard InChI is InChI=1S/C14H16BrF4NO/c1-13(2,6-7-15)8-20-12(21)9-4-3-5-10(11(9)16)14(17,18)19/h3-5H,6-8H2,1-2H3,(H,20,21). The Bertz CT molecular complexity index is 514. The molecule has 1 N–H and O–H groups in total. The van der Waals surface area contributed by atoms with Gasteiger partial charge < -0.3 is 5.32 Å². The van der Waals surface area contributed by atoms with Crippen LogP contribution in [0.2, 0.25) is 0 Å². The van der Waals surface area contributed by atoms with Gasteiger partial charge in [0.15, 0.2) is 0 Å². The highest BCUT2D eigenvalue weighted by Crippen LogP contribution is 2.32. The van der Waals surface area contributed by atoms with E-state index in [0.29, 0.717) is 6.07 Å². The summed E-state index contributed by atoms with van der Waals surface area (Å²) in [5.41, 5.74) is -2.27. The molecular weight excluding hydrogens is 354 g/mol. The van der Waals surface area contributed by atoms with Crippen LogP contribution < -0.4 is 5.32 Å². The van der Waals surface area contributed by atoms with E-state index in [1.807, 2.05) is 13.8 Å². The molecule has 0 atom stereocenters. The molecule has 0 bridgehead atoms. The maximum absolute atomic E-state index is 13.8. The van der Waals surface area contributed by atoms with Crippen LogP contribution in [0.15, 0.2) is 18.2 Å². The highest BCUT2D eigenvalue weighted by molar-refractivity contribution is 9.09. The molecule has 0 saturated heterocycles. The summed E-state index contributed by atoms with van der Waals surface area (Å²) in [5, 5.41) is 3.21. The molecule has 0 saturated carbocycles. The van der Waals surface area contributed by atoms with Crippen LogP contribution >= 0.6 is 15.9 Å². The quantitative estimate of drug-likeness (QED) is 0.605. The monoisotopic (exact) mass is 369 g/mol. The van der Waals surface area contributed by atoms with Crippen molar-refractivity contribution >= 4 is 21.8 Å².